The van der Waals surface area contributed by atoms with Crippen LogP contribution < -0.4 is 10.3 Å². The van der Waals surface area contributed by atoms with E-state index in [1.165, 1.54) is 13.0 Å². The Labute approximate surface area is 150 Å². The largest absolute Gasteiger partial charge is 0.433 e. The zero-order chi connectivity index (χ0) is 19.1. The first-order chi connectivity index (χ1) is 12.1. The number of aromatic amines is 1. The van der Waals surface area contributed by atoms with Gasteiger partial charge in [-0.15, -0.1) is 0 Å². The minimum atomic E-state index is -4.51. The molecule has 3 N–H and O–H groups in total. The highest BCUT2D eigenvalue weighted by molar-refractivity contribution is 6.75. The number of rotatable bonds is 2. The van der Waals surface area contributed by atoms with Crippen molar-refractivity contribution < 1.29 is 18.0 Å². The molecule has 1 amide bonds. The van der Waals surface area contributed by atoms with E-state index in [9.17, 15) is 18.0 Å². The molecule has 3 heterocycles. The molecule has 9 heteroatoms. The van der Waals surface area contributed by atoms with Crippen molar-refractivity contribution in [2.45, 2.75) is 51.1 Å². The van der Waals surface area contributed by atoms with E-state index in [2.05, 4.69) is 33.4 Å². The zero-order valence-electron chi connectivity index (χ0n) is 15.0. The van der Waals surface area contributed by atoms with Crippen molar-refractivity contribution in [3.8, 4) is 0 Å². The number of fused-ring (bicyclic) bond motifs is 1. The molecule has 0 aliphatic carbocycles. The Bertz CT molecular complexity index is 831. The summed E-state index contributed by atoms with van der Waals surface area (Å²) >= 11 is 0. The summed E-state index contributed by atoms with van der Waals surface area (Å²) in [5, 5.41) is 3.35. The summed E-state index contributed by atoms with van der Waals surface area (Å²) in [6.45, 7) is 6.63. The summed E-state index contributed by atoms with van der Waals surface area (Å²) in [5.74, 6) is -0.303. The second-order valence-electron chi connectivity index (χ2n) is 7.57. The second kappa shape index (κ2) is 6.69. The first kappa shape index (κ1) is 18.9. The van der Waals surface area contributed by atoms with Gasteiger partial charge in [0.1, 0.15) is 19.6 Å². The van der Waals surface area contributed by atoms with E-state index in [1.807, 2.05) is 0 Å². The molecule has 142 valence electrons. The Morgan fingerprint density at radius 1 is 1.38 bits per heavy atom. The molecule has 2 aromatic heterocycles. The number of halogens is 3. The van der Waals surface area contributed by atoms with Crippen LogP contribution in [-0.4, -0.2) is 36.7 Å². The third kappa shape index (κ3) is 3.93. The number of pyridine rings is 1. The SMILES string of the molecule is Cc1c(C(F)(F)F)ncc2[nH]c(C(=O)NC3CCC[Si](C)(C)NC3)cc12. The summed E-state index contributed by atoms with van der Waals surface area (Å²) < 4.78 is 39.0. The Balaban J connectivity index is 1.80. The van der Waals surface area contributed by atoms with E-state index in [4.69, 9.17) is 0 Å². The van der Waals surface area contributed by atoms with Crippen LogP contribution in [0.4, 0.5) is 13.2 Å². The van der Waals surface area contributed by atoms with Gasteiger partial charge in [-0.3, -0.25) is 4.79 Å². The van der Waals surface area contributed by atoms with E-state index in [1.54, 1.807) is 0 Å². The van der Waals surface area contributed by atoms with Crippen molar-refractivity contribution in [3.05, 3.63) is 29.2 Å². The van der Waals surface area contributed by atoms with Crippen LogP contribution in [0.25, 0.3) is 10.9 Å². The van der Waals surface area contributed by atoms with Crippen LogP contribution in [0.5, 0.6) is 0 Å². The first-order valence-corrected chi connectivity index (χ1v) is 11.9. The normalized spacial score (nSPS) is 20.8. The van der Waals surface area contributed by atoms with Crippen molar-refractivity contribution in [1.82, 2.24) is 20.3 Å². The average molecular weight is 384 g/mol. The predicted octanol–water partition coefficient (Wildman–Crippen LogP) is 3.58. The van der Waals surface area contributed by atoms with Crippen LogP contribution in [0.3, 0.4) is 0 Å². The lowest BCUT2D eigenvalue weighted by molar-refractivity contribution is -0.141. The van der Waals surface area contributed by atoms with E-state index < -0.39 is 20.1 Å². The van der Waals surface area contributed by atoms with Crippen LogP contribution in [0.2, 0.25) is 19.1 Å². The lowest BCUT2D eigenvalue weighted by Gasteiger charge is -2.22. The molecule has 0 bridgehead atoms. The van der Waals surface area contributed by atoms with Crippen molar-refractivity contribution in [2.75, 3.05) is 6.54 Å². The average Bonchev–Trinajstić information content (AvgIpc) is 2.89. The number of hydrogen-bond acceptors (Lipinski definition) is 3. The van der Waals surface area contributed by atoms with E-state index in [-0.39, 0.29) is 23.2 Å². The van der Waals surface area contributed by atoms with Crippen molar-refractivity contribution in [2.24, 2.45) is 0 Å². The van der Waals surface area contributed by atoms with Crippen LogP contribution >= 0.6 is 0 Å². The molecule has 1 unspecified atom stereocenters. The van der Waals surface area contributed by atoms with Crippen molar-refractivity contribution >= 4 is 25.0 Å². The van der Waals surface area contributed by atoms with E-state index in [0.29, 0.717) is 10.9 Å². The summed E-state index contributed by atoms with van der Waals surface area (Å²) in [6, 6.07) is 2.66. The van der Waals surface area contributed by atoms with Crippen molar-refractivity contribution in [1.29, 1.82) is 0 Å². The Morgan fingerprint density at radius 2 is 2.12 bits per heavy atom. The van der Waals surface area contributed by atoms with Crippen LogP contribution in [0, 0.1) is 6.92 Å². The fraction of sp³-hybridized carbons (Fsp3) is 0.529. The molecule has 26 heavy (non-hydrogen) atoms. The second-order valence-corrected chi connectivity index (χ2v) is 12.2. The molecule has 1 fully saturated rings. The molecule has 0 spiro atoms. The highest BCUT2D eigenvalue weighted by atomic mass is 28.3. The highest BCUT2D eigenvalue weighted by Gasteiger charge is 2.35. The number of H-pyrrole nitrogens is 1. The number of nitrogens with one attached hydrogen (secondary N) is 3. The maximum absolute atomic E-state index is 13.0. The minimum absolute atomic E-state index is 0.0214. The van der Waals surface area contributed by atoms with Gasteiger partial charge >= 0.3 is 6.18 Å². The monoisotopic (exact) mass is 384 g/mol. The Kier molecular flexibility index (Phi) is 4.87. The quantitative estimate of drug-likeness (QED) is 0.693. The van der Waals surface area contributed by atoms with E-state index in [0.717, 1.165) is 31.6 Å². The lowest BCUT2D eigenvalue weighted by Crippen LogP contribution is -2.49. The standard InChI is InChI=1S/C17H23F3N4OSi/c1-10-12-7-13(24-14(12)9-21-15(10)17(18,19)20)16(25)23-11-5-4-6-26(2,3)22-8-11/h7,9,11,22,24H,4-6,8H2,1-3H3,(H,23,25). The molecule has 3 rings (SSSR count). The smallest absolute Gasteiger partial charge is 0.349 e. The van der Waals surface area contributed by atoms with Crippen molar-refractivity contribution in [3.63, 3.8) is 0 Å². The van der Waals surface area contributed by atoms with Crippen LogP contribution in [-0.2, 0) is 6.18 Å². The van der Waals surface area contributed by atoms with Gasteiger partial charge in [-0.05, 0) is 31.0 Å². The molecule has 0 saturated carbocycles. The number of nitrogens with zero attached hydrogens (tertiary/aromatic N) is 1. The van der Waals surface area contributed by atoms with Gasteiger partial charge in [0.05, 0.1) is 11.7 Å². The fourth-order valence-corrected chi connectivity index (χ4v) is 5.47. The maximum Gasteiger partial charge on any atom is 0.433 e. The summed E-state index contributed by atoms with van der Waals surface area (Å²) in [7, 11) is -1.39. The molecule has 1 aliphatic rings. The number of carbonyl (C=O) groups is 1. The number of carbonyl (C=O) groups excluding carboxylic acids is 1. The number of aryl methyl sites for hydroxylation is 1. The molecule has 1 saturated heterocycles. The Morgan fingerprint density at radius 3 is 2.81 bits per heavy atom. The highest BCUT2D eigenvalue weighted by Crippen LogP contribution is 2.33. The van der Waals surface area contributed by atoms with Gasteiger partial charge in [-0.1, -0.05) is 19.5 Å². The molecular formula is C17H23F3N4OSi. The van der Waals surface area contributed by atoms with Gasteiger partial charge in [0, 0.05) is 18.0 Å². The molecular weight excluding hydrogens is 361 g/mol. The van der Waals surface area contributed by atoms with Crippen LogP contribution in [0.1, 0.15) is 34.6 Å². The van der Waals surface area contributed by atoms with Gasteiger partial charge in [0.25, 0.3) is 5.91 Å². The molecule has 5 nitrogen and oxygen atoms in total. The molecule has 1 aliphatic heterocycles. The number of alkyl halides is 3. The fourth-order valence-electron chi connectivity index (χ4n) is 3.41. The number of hydrogen-bond donors (Lipinski definition) is 3. The third-order valence-corrected chi connectivity index (χ3v) is 7.72. The minimum Gasteiger partial charge on any atom is -0.349 e. The number of amides is 1. The van der Waals surface area contributed by atoms with Gasteiger partial charge in [-0.2, -0.15) is 13.2 Å². The predicted molar refractivity (Wildman–Crippen MR) is 96.6 cm³/mol. The zero-order valence-corrected chi connectivity index (χ0v) is 16.0. The molecule has 0 radical (unpaired) electrons. The Hall–Kier alpha value is -1.87. The van der Waals surface area contributed by atoms with Gasteiger partial charge < -0.3 is 15.3 Å². The van der Waals surface area contributed by atoms with E-state index >= 15 is 0 Å². The topological polar surface area (TPSA) is 69.8 Å². The van der Waals surface area contributed by atoms with Crippen LogP contribution in [0.15, 0.2) is 12.3 Å². The summed E-state index contributed by atoms with van der Waals surface area (Å²) in [5.41, 5.74) is -0.219. The molecule has 1 atom stereocenters. The summed E-state index contributed by atoms with van der Waals surface area (Å²) in [6.07, 6.45) is -1.43. The third-order valence-electron chi connectivity index (χ3n) is 4.96. The van der Waals surface area contributed by atoms with Gasteiger partial charge in [-0.25, -0.2) is 4.98 Å². The maximum atomic E-state index is 13.0. The molecule has 2 aromatic rings. The molecule has 0 aromatic carbocycles. The summed E-state index contributed by atoms with van der Waals surface area (Å²) in [4.78, 5) is 22.5. The number of aromatic nitrogens is 2. The lowest BCUT2D eigenvalue weighted by atomic mass is 10.1. The van der Waals surface area contributed by atoms with Gasteiger partial charge in [0.2, 0.25) is 0 Å². The first-order valence-electron chi connectivity index (χ1n) is 8.68. The van der Waals surface area contributed by atoms with Gasteiger partial charge in [0.15, 0.2) is 0 Å².